The van der Waals surface area contributed by atoms with Gasteiger partial charge in [-0.1, -0.05) is 0 Å². The lowest BCUT2D eigenvalue weighted by molar-refractivity contribution is -0.137. The van der Waals surface area contributed by atoms with Crippen molar-refractivity contribution in [2.45, 2.75) is 11.6 Å². The van der Waals surface area contributed by atoms with Crippen molar-refractivity contribution in [2.75, 3.05) is 27.3 Å². The SMILES string of the molecule is COCC(Cl)CN(C)C(=O)c1ccc(C(F)(F)F)cc1. The average molecular weight is 310 g/mol. The Morgan fingerprint density at radius 1 is 1.35 bits per heavy atom. The van der Waals surface area contributed by atoms with Gasteiger partial charge < -0.3 is 9.64 Å². The smallest absolute Gasteiger partial charge is 0.383 e. The molecule has 0 heterocycles. The zero-order valence-corrected chi connectivity index (χ0v) is 11.8. The Morgan fingerprint density at radius 3 is 2.35 bits per heavy atom. The van der Waals surface area contributed by atoms with E-state index in [0.29, 0.717) is 0 Å². The fourth-order valence-electron chi connectivity index (χ4n) is 1.64. The molecule has 0 aliphatic carbocycles. The highest BCUT2D eigenvalue weighted by molar-refractivity contribution is 6.21. The topological polar surface area (TPSA) is 29.5 Å². The molecular weight excluding hydrogens is 295 g/mol. The number of hydrogen-bond acceptors (Lipinski definition) is 2. The molecule has 1 amide bonds. The summed E-state index contributed by atoms with van der Waals surface area (Å²) in [5, 5.41) is -0.372. The Bertz CT molecular complexity index is 448. The van der Waals surface area contributed by atoms with E-state index in [1.54, 1.807) is 0 Å². The minimum absolute atomic E-state index is 0.182. The molecule has 7 heteroatoms. The fourth-order valence-corrected chi connectivity index (χ4v) is 1.97. The summed E-state index contributed by atoms with van der Waals surface area (Å²) in [4.78, 5) is 13.3. The van der Waals surface area contributed by atoms with Gasteiger partial charge in [0.1, 0.15) is 0 Å². The summed E-state index contributed by atoms with van der Waals surface area (Å²) in [6, 6.07) is 4.07. The van der Waals surface area contributed by atoms with Gasteiger partial charge in [0.25, 0.3) is 5.91 Å². The van der Waals surface area contributed by atoms with Crippen LogP contribution in [0.5, 0.6) is 0 Å². The predicted molar refractivity (Wildman–Crippen MR) is 69.9 cm³/mol. The van der Waals surface area contributed by atoms with E-state index in [0.717, 1.165) is 24.3 Å². The quantitative estimate of drug-likeness (QED) is 0.783. The molecule has 1 aromatic rings. The first-order valence-corrected chi connectivity index (χ1v) is 6.25. The molecule has 0 radical (unpaired) electrons. The third-order valence-electron chi connectivity index (χ3n) is 2.63. The first-order chi connectivity index (χ1) is 9.25. The van der Waals surface area contributed by atoms with Gasteiger partial charge in [0.2, 0.25) is 0 Å². The molecule has 0 saturated heterocycles. The number of benzene rings is 1. The lowest BCUT2D eigenvalue weighted by Crippen LogP contribution is -2.33. The Kier molecular flexibility index (Phi) is 5.83. The zero-order valence-electron chi connectivity index (χ0n) is 11.1. The number of carbonyl (C=O) groups excluding carboxylic acids is 1. The van der Waals surface area contributed by atoms with Crippen molar-refractivity contribution in [2.24, 2.45) is 0 Å². The molecule has 0 spiro atoms. The van der Waals surface area contributed by atoms with Crippen LogP contribution in [0.2, 0.25) is 0 Å². The van der Waals surface area contributed by atoms with Crippen molar-refractivity contribution in [1.82, 2.24) is 4.90 Å². The molecule has 1 rings (SSSR count). The van der Waals surface area contributed by atoms with E-state index >= 15 is 0 Å². The van der Waals surface area contributed by atoms with Crippen molar-refractivity contribution in [3.63, 3.8) is 0 Å². The molecule has 0 bridgehead atoms. The third kappa shape index (κ3) is 4.68. The van der Waals surface area contributed by atoms with Crippen molar-refractivity contribution in [1.29, 1.82) is 0 Å². The number of hydrogen-bond donors (Lipinski definition) is 0. The molecule has 0 saturated carbocycles. The second-order valence-corrected chi connectivity index (χ2v) is 4.93. The molecule has 1 unspecified atom stereocenters. The van der Waals surface area contributed by atoms with Gasteiger partial charge in [-0.2, -0.15) is 13.2 Å². The number of rotatable bonds is 5. The van der Waals surface area contributed by atoms with Crippen molar-refractivity contribution in [3.05, 3.63) is 35.4 Å². The maximum atomic E-state index is 12.4. The van der Waals surface area contributed by atoms with Crippen LogP contribution in [0, 0.1) is 0 Å². The number of ether oxygens (including phenoxy) is 1. The van der Waals surface area contributed by atoms with Crippen LogP contribution >= 0.6 is 11.6 Å². The van der Waals surface area contributed by atoms with E-state index < -0.39 is 11.7 Å². The van der Waals surface area contributed by atoms with Crippen LogP contribution in [0.1, 0.15) is 15.9 Å². The highest BCUT2D eigenvalue weighted by Gasteiger charge is 2.30. The fraction of sp³-hybridized carbons (Fsp3) is 0.462. The monoisotopic (exact) mass is 309 g/mol. The summed E-state index contributed by atoms with van der Waals surface area (Å²) in [6.45, 7) is 0.529. The minimum Gasteiger partial charge on any atom is -0.383 e. The van der Waals surface area contributed by atoms with Crippen LogP contribution in [0.25, 0.3) is 0 Å². The van der Waals surface area contributed by atoms with Gasteiger partial charge in [-0.3, -0.25) is 4.79 Å². The predicted octanol–water partition coefficient (Wildman–Crippen LogP) is 3.03. The van der Waals surface area contributed by atoms with Gasteiger partial charge in [-0.05, 0) is 24.3 Å². The van der Waals surface area contributed by atoms with Gasteiger partial charge in [0.15, 0.2) is 0 Å². The summed E-state index contributed by atoms with van der Waals surface area (Å²) in [7, 11) is 3.03. The molecule has 1 aromatic carbocycles. The summed E-state index contributed by atoms with van der Waals surface area (Å²) < 4.78 is 42.1. The second kappa shape index (κ2) is 6.95. The van der Waals surface area contributed by atoms with Crippen LogP contribution < -0.4 is 0 Å². The largest absolute Gasteiger partial charge is 0.416 e. The number of methoxy groups -OCH3 is 1. The van der Waals surface area contributed by atoms with E-state index in [-0.39, 0.29) is 30.0 Å². The van der Waals surface area contributed by atoms with E-state index in [1.807, 2.05) is 0 Å². The Labute approximate surface area is 120 Å². The molecule has 1 atom stereocenters. The first kappa shape index (κ1) is 16.8. The van der Waals surface area contributed by atoms with Crippen LogP contribution in [-0.2, 0) is 10.9 Å². The van der Waals surface area contributed by atoms with Gasteiger partial charge >= 0.3 is 6.18 Å². The van der Waals surface area contributed by atoms with Gasteiger partial charge in [-0.15, -0.1) is 11.6 Å². The minimum atomic E-state index is -4.41. The number of nitrogens with zero attached hydrogens (tertiary/aromatic N) is 1. The number of carbonyl (C=O) groups is 1. The summed E-state index contributed by atoms with van der Waals surface area (Å²) in [6.07, 6.45) is -4.41. The molecule has 3 nitrogen and oxygen atoms in total. The number of halogens is 4. The van der Waals surface area contributed by atoms with Crippen LogP contribution in [0.4, 0.5) is 13.2 Å². The van der Waals surface area contributed by atoms with Crippen LogP contribution in [0.3, 0.4) is 0 Å². The third-order valence-corrected chi connectivity index (χ3v) is 2.89. The molecule has 0 aliphatic heterocycles. The molecule has 0 aromatic heterocycles. The maximum Gasteiger partial charge on any atom is 0.416 e. The molecule has 20 heavy (non-hydrogen) atoms. The lowest BCUT2D eigenvalue weighted by atomic mass is 10.1. The van der Waals surface area contributed by atoms with Crippen LogP contribution in [0.15, 0.2) is 24.3 Å². The van der Waals surface area contributed by atoms with Gasteiger partial charge in [-0.25, -0.2) is 0 Å². The molecule has 0 aliphatic rings. The molecule has 0 fully saturated rings. The van der Waals surface area contributed by atoms with Crippen molar-refractivity contribution in [3.8, 4) is 0 Å². The lowest BCUT2D eigenvalue weighted by Gasteiger charge is -2.20. The van der Waals surface area contributed by atoms with E-state index in [4.69, 9.17) is 16.3 Å². The summed E-state index contributed by atoms with van der Waals surface area (Å²) >= 11 is 5.92. The Balaban J connectivity index is 2.72. The number of alkyl halides is 4. The van der Waals surface area contributed by atoms with E-state index in [1.165, 1.54) is 19.1 Å². The Hall–Kier alpha value is -1.27. The van der Waals surface area contributed by atoms with Crippen LogP contribution in [-0.4, -0.2) is 43.5 Å². The number of amides is 1. The molecule has 0 N–H and O–H groups in total. The standard InChI is InChI=1S/C13H15ClF3NO2/c1-18(7-11(14)8-20-2)12(19)9-3-5-10(6-4-9)13(15,16)17/h3-6,11H,7-8H2,1-2H3. The Morgan fingerprint density at radius 2 is 1.90 bits per heavy atom. The second-order valence-electron chi connectivity index (χ2n) is 4.31. The van der Waals surface area contributed by atoms with Crippen molar-refractivity contribution < 1.29 is 22.7 Å². The normalized spacial score (nSPS) is 13.1. The van der Waals surface area contributed by atoms with E-state index in [9.17, 15) is 18.0 Å². The molecule has 112 valence electrons. The summed E-state index contributed by atoms with van der Waals surface area (Å²) in [5.41, 5.74) is -0.604. The van der Waals surface area contributed by atoms with Gasteiger partial charge in [0, 0.05) is 26.3 Å². The summed E-state index contributed by atoms with van der Waals surface area (Å²) in [5.74, 6) is -0.388. The van der Waals surface area contributed by atoms with Gasteiger partial charge in [0.05, 0.1) is 17.5 Å². The average Bonchev–Trinajstić information content (AvgIpc) is 2.37. The zero-order chi connectivity index (χ0) is 15.3. The molecular formula is C13H15ClF3NO2. The highest BCUT2D eigenvalue weighted by Crippen LogP contribution is 2.29. The first-order valence-electron chi connectivity index (χ1n) is 5.81. The van der Waals surface area contributed by atoms with Crippen molar-refractivity contribution >= 4 is 17.5 Å². The highest BCUT2D eigenvalue weighted by atomic mass is 35.5. The maximum absolute atomic E-state index is 12.4. The van der Waals surface area contributed by atoms with E-state index in [2.05, 4.69) is 0 Å².